The molecule has 0 heterocycles. The lowest BCUT2D eigenvalue weighted by Crippen LogP contribution is -2.30. The fraction of sp³-hybridized carbons (Fsp3) is 0.462. The summed E-state index contributed by atoms with van der Waals surface area (Å²) in [5.74, 6) is -1.99. The average Bonchev–Trinajstić information content (AvgIpc) is 2.26. The zero-order valence-electron chi connectivity index (χ0n) is 10.8. The zero-order chi connectivity index (χ0) is 13.7. The molecule has 0 aliphatic rings. The van der Waals surface area contributed by atoms with E-state index in [9.17, 15) is 13.6 Å². The standard InChI is InChI=1S/C13H18F2N2O/c1-4-5-16-12-10(14)6-9(7-11(12)15)13(18)17-8(2)3/h6-8,16H,4-5H2,1-3H3,(H,17,18). The van der Waals surface area contributed by atoms with Crippen molar-refractivity contribution in [3.8, 4) is 0 Å². The minimum atomic E-state index is -0.752. The van der Waals surface area contributed by atoms with E-state index in [4.69, 9.17) is 0 Å². The van der Waals surface area contributed by atoms with Crippen molar-refractivity contribution in [2.45, 2.75) is 33.2 Å². The van der Waals surface area contributed by atoms with E-state index in [0.29, 0.717) is 6.54 Å². The van der Waals surface area contributed by atoms with Crippen molar-refractivity contribution in [3.05, 3.63) is 29.3 Å². The van der Waals surface area contributed by atoms with E-state index < -0.39 is 17.5 Å². The number of carbonyl (C=O) groups is 1. The van der Waals surface area contributed by atoms with Gasteiger partial charge in [0.05, 0.1) is 0 Å². The van der Waals surface area contributed by atoms with Crippen LogP contribution in [0.15, 0.2) is 12.1 Å². The molecule has 3 nitrogen and oxygen atoms in total. The van der Waals surface area contributed by atoms with Crippen LogP contribution in [0.5, 0.6) is 0 Å². The maximum Gasteiger partial charge on any atom is 0.251 e. The van der Waals surface area contributed by atoms with Gasteiger partial charge in [-0.05, 0) is 32.4 Å². The van der Waals surface area contributed by atoms with Gasteiger partial charge in [-0.2, -0.15) is 0 Å². The molecule has 1 aromatic carbocycles. The van der Waals surface area contributed by atoms with E-state index in [2.05, 4.69) is 10.6 Å². The predicted octanol–water partition coefficient (Wildman–Crippen LogP) is 2.92. The largest absolute Gasteiger partial charge is 0.380 e. The van der Waals surface area contributed by atoms with E-state index >= 15 is 0 Å². The van der Waals surface area contributed by atoms with E-state index in [1.54, 1.807) is 13.8 Å². The first-order chi connectivity index (χ1) is 8.45. The van der Waals surface area contributed by atoms with Crippen LogP contribution in [-0.2, 0) is 0 Å². The first kappa shape index (κ1) is 14.4. The van der Waals surface area contributed by atoms with Gasteiger partial charge in [0.15, 0.2) is 0 Å². The first-order valence-electron chi connectivity index (χ1n) is 5.99. The minimum absolute atomic E-state index is 0.0132. The van der Waals surface area contributed by atoms with E-state index in [1.807, 2.05) is 6.92 Å². The number of amides is 1. The summed E-state index contributed by atoms with van der Waals surface area (Å²) in [6.45, 7) is 5.93. The van der Waals surface area contributed by atoms with Crippen LogP contribution in [0.4, 0.5) is 14.5 Å². The molecular weight excluding hydrogens is 238 g/mol. The molecule has 0 fully saturated rings. The molecule has 0 saturated carbocycles. The Morgan fingerprint density at radius 3 is 2.28 bits per heavy atom. The van der Waals surface area contributed by atoms with Gasteiger partial charge in [-0.3, -0.25) is 4.79 Å². The van der Waals surface area contributed by atoms with Gasteiger partial charge in [0.2, 0.25) is 0 Å². The van der Waals surface area contributed by atoms with Gasteiger partial charge in [-0.15, -0.1) is 0 Å². The van der Waals surface area contributed by atoms with Crippen LogP contribution >= 0.6 is 0 Å². The number of carbonyl (C=O) groups excluding carboxylic acids is 1. The lowest BCUT2D eigenvalue weighted by atomic mass is 10.1. The molecule has 0 aliphatic heterocycles. The van der Waals surface area contributed by atoms with Crippen LogP contribution in [-0.4, -0.2) is 18.5 Å². The van der Waals surface area contributed by atoms with Crippen LogP contribution in [0.3, 0.4) is 0 Å². The third-order valence-electron chi connectivity index (χ3n) is 2.28. The lowest BCUT2D eigenvalue weighted by Gasteiger charge is -2.11. The molecule has 18 heavy (non-hydrogen) atoms. The second-order valence-corrected chi connectivity index (χ2v) is 4.37. The summed E-state index contributed by atoms with van der Waals surface area (Å²) in [6.07, 6.45) is 0.758. The predicted molar refractivity (Wildman–Crippen MR) is 67.7 cm³/mol. The van der Waals surface area contributed by atoms with Crippen molar-refractivity contribution >= 4 is 11.6 Å². The lowest BCUT2D eigenvalue weighted by molar-refractivity contribution is 0.0942. The van der Waals surface area contributed by atoms with Crippen molar-refractivity contribution in [1.29, 1.82) is 0 Å². The molecule has 0 aromatic heterocycles. The fourth-order valence-electron chi connectivity index (χ4n) is 1.47. The molecule has 1 rings (SSSR count). The van der Waals surface area contributed by atoms with Crippen LogP contribution < -0.4 is 10.6 Å². The molecule has 0 atom stereocenters. The maximum atomic E-state index is 13.6. The molecule has 0 aliphatic carbocycles. The van der Waals surface area contributed by atoms with Crippen LogP contribution in [0, 0.1) is 11.6 Å². The quantitative estimate of drug-likeness (QED) is 0.850. The van der Waals surface area contributed by atoms with Gasteiger partial charge in [0.1, 0.15) is 17.3 Å². The Hall–Kier alpha value is -1.65. The summed E-state index contributed by atoms with van der Waals surface area (Å²) in [7, 11) is 0. The van der Waals surface area contributed by atoms with E-state index in [1.165, 1.54) is 0 Å². The number of rotatable bonds is 5. The summed E-state index contributed by atoms with van der Waals surface area (Å²) < 4.78 is 27.3. The highest BCUT2D eigenvalue weighted by Crippen LogP contribution is 2.20. The zero-order valence-corrected chi connectivity index (χ0v) is 10.8. The number of anilines is 1. The number of hydrogen-bond donors (Lipinski definition) is 2. The third kappa shape index (κ3) is 3.68. The molecule has 1 aromatic rings. The Morgan fingerprint density at radius 1 is 1.28 bits per heavy atom. The smallest absolute Gasteiger partial charge is 0.251 e. The maximum absolute atomic E-state index is 13.6. The van der Waals surface area contributed by atoms with Crippen molar-refractivity contribution < 1.29 is 13.6 Å². The first-order valence-corrected chi connectivity index (χ1v) is 5.99. The van der Waals surface area contributed by atoms with E-state index in [-0.39, 0.29) is 17.3 Å². The molecule has 0 radical (unpaired) electrons. The summed E-state index contributed by atoms with van der Waals surface area (Å²) in [5.41, 5.74) is -0.196. The number of hydrogen-bond acceptors (Lipinski definition) is 2. The minimum Gasteiger partial charge on any atom is -0.380 e. The van der Waals surface area contributed by atoms with E-state index in [0.717, 1.165) is 18.6 Å². The normalized spacial score (nSPS) is 10.6. The molecule has 100 valence electrons. The van der Waals surface area contributed by atoms with Crippen LogP contribution in [0.25, 0.3) is 0 Å². The summed E-state index contributed by atoms with van der Waals surface area (Å²) in [4.78, 5) is 11.6. The summed E-state index contributed by atoms with van der Waals surface area (Å²) >= 11 is 0. The number of nitrogens with one attached hydrogen (secondary N) is 2. The Morgan fingerprint density at radius 2 is 1.83 bits per heavy atom. The Kier molecular flexibility index (Phi) is 5.07. The molecule has 0 unspecified atom stereocenters. The Labute approximate surface area is 106 Å². The highest BCUT2D eigenvalue weighted by Gasteiger charge is 2.15. The van der Waals surface area contributed by atoms with Gasteiger partial charge >= 0.3 is 0 Å². The molecular formula is C13H18F2N2O. The highest BCUT2D eigenvalue weighted by molar-refractivity contribution is 5.94. The molecule has 0 saturated heterocycles. The topological polar surface area (TPSA) is 41.1 Å². The molecule has 2 N–H and O–H groups in total. The molecule has 0 spiro atoms. The molecule has 0 bridgehead atoms. The molecule has 5 heteroatoms. The Bertz CT molecular complexity index is 410. The summed E-state index contributed by atoms with van der Waals surface area (Å²) in [5, 5.41) is 5.24. The van der Waals surface area contributed by atoms with Crippen molar-refractivity contribution in [1.82, 2.24) is 5.32 Å². The fourth-order valence-corrected chi connectivity index (χ4v) is 1.47. The monoisotopic (exact) mass is 256 g/mol. The SMILES string of the molecule is CCCNc1c(F)cc(C(=O)NC(C)C)cc1F. The van der Waals surface area contributed by atoms with Crippen LogP contribution in [0.1, 0.15) is 37.6 Å². The third-order valence-corrected chi connectivity index (χ3v) is 2.28. The number of benzene rings is 1. The number of halogens is 2. The Balaban J connectivity index is 2.95. The van der Waals surface area contributed by atoms with Crippen molar-refractivity contribution in [2.75, 3.05) is 11.9 Å². The van der Waals surface area contributed by atoms with Gasteiger partial charge in [-0.25, -0.2) is 8.78 Å². The molecule has 1 amide bonds. The van der Waals surface area contributed by atoms with Crippen molar-refractivity contribution in [2.24, 2.45) is 0 Å². The second-order valence-electron chi connectivity index (χ2n) is 4.37. The van der Waals surface area contributed by atoms with Gasteiger partial charge in [-0.1, -0.05) is 6.92 Å². The van der Waals surface area contributed by atoms with Gasteiger partial charge < -0.3 is 10.6 Å². The second kappa shape index (κ2) is 6.33. The highest BCUT2D eigenvalue weighted by atomic mass is 19.1. The van der Waals surface area contributed by atoms with Gasteiger partial charge in [0, 0.05) is 18.2 Å². The summed E-state index contributed by atoms with van der Waals surface area (Å²) in [6, 6.07) is 2.00. The average molecular weight is 256 g/mol. The van der Waals surface area contributed by atoms with Crippen LogP contribution in [0.2, 0.25) is 0 Å². The van der Waals surface area contributed by atoms with Gasteiger partial charge in [0.25, 0.3) is 5.91 Å². The van der Waals surface area contributed by atoms with Crippen molar-refractivity contribution in [3.63, 3.8) is 0 Å².